The highest BCUT2D eigenvalue weighted by atomic mass is 127. The van der Waals surface area contributed by atoms with Crippen LogP contribution in [-0.4, -0.2) is 13.2 Å². The lowest BCUT2D eigenvalue weighted by molar-refractivity contribution is 0.284. The van der Waals surface area contributed by atoms with Crippen molar-refractivity contribution in [2.24, 2.45) is 5.73 Å². The number of hydrogen-bond donors (Lipinski definition) is 1. The molecule has 0 fully saturated rings. The van der Waals surface area contributed by atoms with Gasteiger partial charge >= 0.3 is 0 Å². The van der Waals surface area contributed by atoms with Crippen LogP contribution in [0.25, 0.3) is 0 Å². The van der Waals surface area contributed by atoms with Gasteiger partial charge in [0.25, 0.3) is 0 Å². The van der Waals surface area contributed by atoms with E-state index in [-0.39, 0.29) is 6.04 Å². The minimum Gasteiger partial charge on any atom is -0.493 e. The van der Waals surface area contributed by atoms with Crippen LogP contribution in [0.4, 0.5) is 0 Å². The first-order chi connectivity index (χ1) is 10.1. The Hall–Kier alpha value is -1.27. The number of hydrogen-bond acceptors (Lipinski definition) is 3. The van der Waals surface area contributed by atoms with Crippen LogP contribution < -0.4 is 15.2 Å². The number of rotatable bonds is 6. The minimum atomic E-state index is 0.133. The van der Waals surface area contributed by atoms with E-state index in [9.17, 15) is 0 Å². The fraction of sp³-hybridized carbons (Fsp3) is 0.294. The van der Waals surface area contributed by atoms with Gasteiger partial charge in [-0.1, -0.05) is 18.2 Å². The lowest BCUT2D eigenvalue weighted by Crippen LogP contribution is -2.17. The standard InChI is InChI=1S/C17H20INO2/c1-12(19)9-14-5-8-16(17(10-14)20-2)21-11-13-3-6-15(18)7-4-13/h3-8,10,12H,9,11,19H2,1-2H3. The van der Waals surface area contributed by atoms with Gasteiger partial charge in [-0.2, -0.15) is 0 Å². The van der Waals surface area contributed by atoms with Gasteiger partial charge in [0, 0.05) is 9.61 Å². The van der Waals surface area contributed by atoms with Crippen molar-refractivity contribution in [3.05, 3.63) is 57.2 Å². The molecule has 0 saturated carbocycles. The molecule has 112 valence electrons. The lowest BCUT2D eigenvalue weighted by atomic mass is 10.1. The monoisotopic (exact) mass is 397 g/mol. The molecule has 3 nitrogen and oxygen atoms in total. The zero-order valence-corrected chi connectivity index (χ0v) is 14.5. The summed E-state index contributed by atoms with van der Waals surface area (Å²) >= 11 is 2.29. The molecular formula is C17H20INO2. The highest BCUT2D eigenvalue weighted by Gasteiger charge is 2.07. The van der Waals surface area contributed by atoms with Crippen molar-refractivity contribution in [2.75, 3.05) is 7.11 Å². The second kappa shape index (κ2) is 7.66. The van der Waals surface area contributed by atoms with Gasteiger partial charge in [0.1, 0.15) is 6.61 Å². The summed E-state index contributed by atoms with van der Waals surface area (Å²) in [4.78, 5) is 0. The smallest absolute Gasteiger partial charge is 0.161 e. The molecule has 2 aromatic rings. The summed E-state index contributed by atoms with van der Waals surface area (Å²) < 4.78 is 12.5. The van der Waals surface area contributed by atoms with Crippen LogP contribution >= 0.6 is 22.6 Å². The molecule has 0 aliphatic rings. The molecule has 0 aromatic heterocycles. The quantitative estimate of drug-likeness (QED) is 0.755. The predicted molar refractivity (Wildman–Crippen MR) is 93.8 cm³/mol. The summed E-state index contributed by atoms with van der Waals surface area (Å²) in [5.41, 5.74) is 8.12. The van der Waals surface area contributed by atoms with Crippen LogP contribution in [0.1, 0.15) is 18.1 Å². The van der Waals surface area contributed by atoms with Gasteiger partial charge in [-0.15, -0.1) is 0 Å². The Morgan fingerprint density at radius 2 is 1.71 bits per heavy atom. The van der Waals surface area contributed by atoms with E-state index in [2.05, 4.69) is 46.9 Å². The third-order valence-electron chi connectivity index (χ3n) is 3.09. The third kappa shape index (κ3) is 4.89. The van der Waals surface area contributed by atoms with Gasteiger partial charge in [-0.05, 0) is 71.3 Å². The Morgan fingerprint density at radius 3 is 2.33 bits per heavy atom. The van der Waals surface area contributed by atoms with Crippen molar-refractivity contribution >= 4 is 22.6 Å². The molecule has 0 saturated heterocycles. The van der Waals surface area contributed by atoms with E-state index in [0.717, 1.165) is 29.0 Å². The molecule has 0 spiro atoms. The van der Waals surface area contributed by atoms with E-state index in [1.807, 2.05) is 25.1 Å². The van der Waals surface area contributed by atoms with Crippen LogP contribution in [0.3, 0.4) is 0 Å². The Labute approximate surface area is 139 Å². The van der Waals surface area contributed by atoms with Gasteiger partial charge in [-0.25, -0.2) is 0 Å². The first-order valence-corrected chi connectivity index (χ1v) is 7.96. The Balaban J connectivity index is 2.07. The zero-order valence-electron chi connectivity index (χ0n) is 12.3. The Bertz CT molecular complexity index is 582. The number of benzene rings is 2. The summed E-state index contributed by atoms with van der Waals surface area (Å²) in [7, 11) is 1.66. The predicted octanol–water partition coefficient (Wildman–Crippen LogP) is 3.77. The lowest BCUT2D eigenvalue weighted by Gasteiger charge is -2.13. The zero-order chi connectivity index (χ0) is 15.2. The molecule has 0 heterocycles. The topological polar surface area (TPSA) is 44.5 Å². The first-order valence-electron chi connectivity index (χ1n) is 6.88. The van der Waals surface area contributed by atoms with E-state index in [4.69, 9.17) is 15.2 Å². The molecule has 0 aliphatic heterocycles. The molecule has 1 atom stereocenters. The van der Waals surface area contributed by atoms with Crippen molar-refractivity contribution in [3.8, 4) is 11.5 Å². The first kappa shape index (κ1) is 16.1. The Morgan fingerprint density at radius 1 is 1.05 bits per heavy atom. The van der Waals surface area contributed by atoms with Gasteiger partial charge in [0.05, 0.1) is 7.11 Å². The van der Waals surface area contributed by atoms with E-state index in [1.165, 1.54) is 3.57 Å². The average Bonchev–Trinajstić information content (AvgIpc) is 2.47. The second-order valence-electron chi connectivity index (χ2n) is 5.08. The molecule has 2 N–H and O–H groups in total. The molecule has 2 aromatic carbocycles. The van der Waals surface area contributed by atoms with Crippen molar-refractivity contribution in [1.82, 2.24) is 0 Å². The maximum atomic E-state index is 5.86. The van der Waals surface area contributed by atoms with E-state index in [0.29, 0.717) is 6.61 Å². The van der Waals surface area contributed by atoms with E-state index in [1.54, 1.807) is 7.11 Å². The third-order valence-corrected chi connectivity index (χ3v) is 3.81. The average molecular weight is 397 g/mol. The van der Waals surface area contributed by atoms with Crippen LogP contribution in [-0.2, 0) is 13.0 Å². The molecule has 2 rings (SSSR count). The van der Waals surface area contributed by atoms with E-state index >= 15 is 0 Å². The molecule has 1 unspecified atom stereocenters. The summed E-state index contributed by atoms with van der Waals surface area (Å²) in [5, 5.41) is 0. The fourth-order valence-electron chi connectivity index (χ4n) is 2.07. The van der Waals surface area contributed by atoms with Crippen LogP contribution in [0.5, 0.6) is 11.5 Å². The normalized spacial score (nSPS) is 12.0. The van der Waals surface area contributed by atoms with Crippen LogP contribution in [0, 0.1) is 3.57 Å². The number of ether oxygens (including phenoxy) is 2. The molecule has 4 heteroatoms. The highest BCUT2D eigenvalue weighted by molar-refractivity contribution is 14.1. The minimum absolute atomic E-state index is 0.133. The number of nitrogens with two attached hydrogens (primary N) is 1. The SMILES string of the molecule is COc1cc(CC(C)N)ccc1OCc1ccc(I)cc1. The van der Waals surface area contributed by atoms with Gasteiger partial charge in [0.2, 0.25) is 0 Å². The molecule has 0 aliphatic carbocycles. The summed E-state index contributed by atoms with van der Waals surface area (Å²) in [5.74, 6) is 1.50. The summed E-state index contributed by atoms with van der Waals surface area (Å²) in [6.45, 7) is 2.52. The van der Waals surface area contributed by atoms with Gasteiger partial charge in [-0.3, -0.25) is 0 Å². The van der Waals surface area contributed by atoms with Crippen LogP contribution in [0.2, 0.25) is 0 Å². The molecule has 0 amide bonds. The maximum Gasteiger partial charge on any atom is 0.161 e. The highest BCUT2D eigenvalue weighted by Crippen LogP contribution is 2.29. The summed E-state index contributed by atoms with van der Waals surface area (Å²) in [6.07, 6.45) is 0.827. The number of methoxy groups -OCH3 is 1. The summed E-state index contributed by atoms with van der Waals surface area (Å²) in [6, 6.07) is 14.4. The van der Waals surface area contributed by atoms with Crippen LogP contribution in [0.15, 0.2) is 42.5 Å². The maximum absolute atomic E-state index is 5.86. The molecule has 21 heavy (non-hydrogen) atoms. The van der Waals surface area contributed by atoms with Gasteiger partial charge < -0.3 is 15.2 Å². The number of halogens is 1. The largest absolute Gasteiger partial charge is 0.493 e. The molecular weight excluding hydrogens is 377 g/mol. The van der Waals surface area contributed by atoms with Crippen molar-refractivity contribution in [2.45, 2.75) is 26.0 Å². The van der Waals surface area contributed by atoms with Gasteiger partial charge in [0.15, 0.2) is 11.5 Å². The molecule has 0 bridgehead atoms. The fourth-order valence-corrected chi connectivity index (χ4v) is 2.43. The molecule has 0 radical (unpaired) electrons. The van der Waals surface area contributed by atoms with Crippen molar-refractivity contribution < 1.29 is 9.47 Å². The second-order valence-corrected chi connectivity index (χ2v) is 6.33. The Kier molecular flexibility index (Phi) is 5.87. The van der Waals surface area contributed by atoms with E-state index < -0.39 is 0 Å². The van der Waals surface area contributed by atoms with Crippen molar-refractivity contribution in [1.29, 1.82) is 0 Å². The van der Waals surface area contributed by atoms with Crippen molar-refractivity contribution in [3.63, 3.8) is 0 Å².